The fraction of sp³-hybridized carbons (Fsp3) is 0.222. The van der Waals surface area contributed by atoms with Gasteiger partial charge in [0.15, 0.2) is 0 Å². The van der Waals surface area contributed by atoms with Crippen LogP contribution in [0.5, 0.6) is 0 Å². The summed E-state index contributed by atoms with van der Waals surface area (Å²) >= 11 is 0. The maximum atomic E-state index is 10.4. The topological polar surface area (TPSA) is 120 Å². The third kappa shape index (κ3) is 9.83. The van der Waals surface area contributed by atoms with Crippen LogP contribution in [0.1, 0.15) is 64.5 Å². The van der Waals surface area contributed by atoms with Gasteiger partial charge in [-0.3, -0.25) is 0 Å². The number of hydrogen-bond acceptors (Lipinski definition) is 6. The van der Waals surface area contributed by atoms with E-state index in [0.29, 0.717) is 0 Å². The van der Waals surface area contributed by atoms with E-state index in [0.717, 1.165) is 33.4 Å². The van der Waals surface area contributed by atoms with E-state index >= 15 is 0 Å². The molecule has 0 aliphatic carbocycles. The van der Waals surface area contributed by atoms with Crippen molar-refractivity contribution < 1.29 is 29.7 Å². The van der Waals surface area contributed by atoms with Crippen molar-refractivity contribution in [3.8, 4) is 0 Å². The number of aryl methyl sites for hydroxylation is 6. The molecule has 0 atom stereocenters. The van der Waals surface area contributed by atoms with Crippen molar-refractivity contribution in [1.29, 1.82) is 0 Å². The fourth-order valence-corrected chi connectivity index (χ4v) is 3.13. The Bertz CT molecular complexity index is 1020. The molecule has 0 bridgehead atoms. The summed E-state index contributed by atoms with van der Waals surface area (Å²) in [6.07, 6.45) is 0. The van der Waals surface area contributed by atoms with Crippen LogP contribution in [-0.2, 0) is 0 Å². The summed E-state index contributed by atoms with van der Waals surface area (Å²) in [5, 5.41) is 31.3. The number of hydrogen-bond donors (Lipinski definition) is 0. The number of carboxylic acid groups (broad SMARTS) is 3. The number of carbonyl (C=O) groups is 3. The zero-order valence-corrected chi connectivity index (χ0v) is 23.5. The predicted molar refractivity (Wildman–Crippen MR) is 126 cm³/mol. The van der Waals surface area contributed by atoms with Crippen molar-refractivity contribution in [3.05, 3.63) is 105 Å². The number of benzene rings is 3. The molecule has 3 aromatic carbocycles. The van der Waals surface area contributed by atoms with E-state index in [1.165, 1.54) is 0 Å². The average Bonchev–Trinajstić information content (AvgIpc) is 2.68. The summed E-state index contributed by atoms with van der Waals surface area (Å²) < 4.78 is 0. The number of carbonyl (C=O) groups excluding carboxylic acids is 3. The number of carboxylic acids is 3. The second kappa shape index (κ2) is 14.3. The molecule has 0 N–H and O–H groups in total. The van der Waals surface area contributed by atoms with Crippen LogP contribution in [-0.4, -0.2) is 43.8 Å². The minimum absolute atomic E-state index is 0. The average molecular weight is 562 g/mol. The second-order valence-electron chi connectivity index (χ2n) is 7.82. The van der Waals surface area contributed by atoms with Gasteiger partial charge in [0.25, 0.3) is 0 Å². The summed E-state index contributed by atoms with van der Waals surface area (Å²) in [5.41, 5.74) is 6.27. The van der Waals surface area contributed by atoms with Crippen molar-refractivity contribution in [2.24, 2.45) is 0 Å². The molecule has 0 aromatic heterocycles. The van der Waals surface area contributed by atoms with Crippen molar-refractivity contribution in [1.82, 2.24) is 0 Å². The van der Waals surface area contributed by atoms with Gasteiger partial charge in [0.2, 0.25) is 0 Å². The molecule has 0 saturated carbocycles. The van der Waals surface area contributed by atoms with Gasteiger partial charge in [-0.05, 0) is 58.2 Å². The minimum atomic E-state index is -1.11. The van der Waals surface area contributed by atoms with E-state index in [-0.39, 0.29) is 42.5 Å². The monoisotopic (exact) mass is 562 g/mol. The molecular weight excluding hydrogens is 535 g/mol. The first-order valence-corrected chi connectivity index (χ1v) is 10.2. The maximum absolute atomic E-state index is 10.4. The normalized spacial score (nSPS) is 9.35. The summed E-state index contributed by atoms with van der Waals surface area (Å²) in [7, 11) is 0. The maximum Gasteiger partial charge on any atom is 3.00 e. The van der Waals surface area contributed by atoms with Crippen LogP contribution in [0.25, 0.3) is 0 Å². The minimum Gasteiger partial charge on any atom is -0.545 e. The van der Waals surface area contributed by atoms with E-state index in [1.807, 2.05) is 39.0 Å². The molecule has 0 radical (unpaired) electrons. The van der Waals surface area contributed by atoms with Gasteiger partial charge in [0.05, 0.1) is 17.9 Å². The molecule has 0 unspecified atom stereocenters. The van der Waals surface area contributed by atoms with Gasteiger partial charge in [-0.1, -0.05) is 71.3 Å². The third-order valence-electron chi connectivity index (χ3n) is 4.81. The quantitative estimate of drug-likeness (QED) is 0.479. The van der Waals surface area contributed by atoms with Gasteiger partial charge in [-0.2, -0.15) is 0 Å². The SMILES string of the molecule is Cc1ccc(C(=O)[O-])c(C)c1.Cc1ccc(C(=O)[O-])c(C)c1.Cc1ccc(C(=O)[O-])c(C)c1.[In+3]. The van der Waals surface area contributed by atoms with Gasteiger partial charge in [0.1, 0.15) is 0 Å². The van der Waals surface area contributed by atoms with E-state index in [9.17, 15) is 29.7 Å². The van der Waals surface area contributed by atoms with Crippen LogP contribution < -0.4 is 15.3 Å². The molecule has 34 heavy (non-hydrogen) atoms. The Labute approximate surface area is 219 Å². The molecule has 6 nitrogen and oxygen atoms in total. The zero-order chi connectivity index (χ0) is 25.3. The van der Waals surface area contributed by atoms with Crippen LogP contribution >= 0.6 is 0 Å². The van der Waals surface area contributed by atoms with Crippen molar-refractivity contribution in [3.63, 3.8) is 0 Å². The molecule has 0 fully saturated rings. The molecule has 0 amide bonds. The summed E-state index contributed by atoms with van der Waals surface area (Å²) in [6.45, 7) is 11.1. The molecular formula is C27H27InO6. The Morgan fingerprint density at radius 1 is 0.471 bits per heavy atom. The van der Waals surface area contributed by atoms with Gasteiger partial charge in [0, 0.05) is 16.7 Å². The number of rotatable bonds is 3. The zero-order valence-electron chi connectivity index (χ0n) is 20.2. The Hall–Kier alpha value is -3.06. The molecule has 174 valence electrons. The van der Waals surface area contributed by atoms with Crippen molar-refractivity contribution >= 4 is 43.8 Å². The van der Waals surface area contributed by atoms with Crippen molar-refractivity contribution in [2.75, 3.05) is 0 Å². The molecule has 0 aliphatic rings. The van der Waals surface area contributed by atoms with Gasteiger partial charge in [-0.15, -0.1) is 0 Å². The van der Waals surface area contributed by atoms with Crippen LogP contribution in [0.3, 0.4) is 0 Å². The van der Waals surface area contributed by atoms with Crippen LogP contribution in [0.15, 0.2) is 54.6 Å². The molecule has 3 aromatic rings. The first kappa shape index (κ1) is 30.9. The molecule has 7 heteroatoms. The molecule has 0 saturated heterocycles. The first-order valence-electron chi connectivity index (χ1n) is 10.2. The number of aromatic carboxylic acids is 3. The van der Waals surface area contributed by atoms with Crippen LogP contribution in [0.4, 0.5) is 0 Å². The van der Waals surface area contributed by atoms with Crippen LogP contribution in [0, 0.1) is 41.5 Å². The molecule has 0 heterocycles. The standard InChI is InChI=1S/3C9H10O2.In/c3*1-6-3-4-8(9(10)11)7(2)5-6;/h3*3-5H,1-2H3,(H,10,11);/q;;;+3/p-3. The molecule has 3 rings (SSSR count). The van der Waals surface area contributed by atoms with Gasteiger partial charge >= 0.3 is 25.8 Å². The van der Waals surface area contributed by atoms with E-state index in [4.69, 9.17) is 0 Å². The van der Waals surface area contributed by atoms with Gasteiger partial charge in [-0.25, -0.2) is 0 Å². The van der Waals surface area contributed by atoms with Crippen molar-refractivity contribution in [2.45, 2.75) is 41.5 Å². The molecule has 0 spiro atoms. The fourth-order valence-electron chi connectivity index (χ4n) is 3.13. The summed E-state index contributed by atoms with van der Waals surface area (Å²) in [6, 6.07) is 15.5. The second-order valence-corrected chi connectivity index (χ2v) is 7.82. The van der Waals surface area contributed by atoms with E-state index in [2.05, 4.69) is 0 Å². The summed E-state index contributed by atoms with van der Waals surface area (Å²) in [5.74, 6) is -3.33. The summed E-state index contributed by atoms with van der Waals surface area (Å²) in [4.78, 5) is 31.3. The Kier molecular flexibility index (Phi) is 13.0. The molecule has 0 aliphatic heterocycles. The Morgan fingerprint density at radius 3 is 0.824 bits per heavy atom. The third-order valence-corrected chi connectivity index (χ3v) is 4.81. The van der Waals surface area contributed by atoms with E-state index < -0.39 is 17.9 Å². The smallest absolute Gasteiger partial charge is 0.545 e. The van der Waals surface area contributed by atoms with Crippen LogP contribution in [0.2, 0.25) is 0 Å². The predicted octanol–water partition coefficient (Wildman–Crippen LogP) is 1.62. The van der Waals surface area contributed by atoms with Gasteiger partial charge < -0.3 is 29.7 Å². The Morgan fingerprint density at radius 2 is 0.676 bits per heavy atom. The Balaban J connectivity index is 0.000000473. The van der Waals surface area contributed by atoms with E-state index in [1.54, 1.807) is 57.2 Å². The first-order chi connectivity index (χ1) is 15.3. The largest absolute Gasteiger partial charge is 3.00 e.